The number of azo groups is 1. The van der Waals surface area contributed by atoms with Crippen molar-refractivity contribution in [1.29, 1.82) is 0 Å². The Bertz CT molecular complexity index is 1600. The van der Waals surface area contributed by atoms with E-state index in [2.05, 4.69) is 19.7 Å². The van der Waals surface area contributed by atoms with Gasteiger partial charge in [0.1, 0.15) is 11.6 Å². The van der Waals surface area contributed by atoms with Crippen LogP contribution in [0.15, 0.2) is 69.7 Å². The first-order chi connectivity index (χ1) is 16.3. The zero-order valence-electron chi connectivity index (χ0n) is 18.2. The summed E-state index contributed by atoms with van der Waals surface area (Å²) >= 11 is 0. The van der Waals surface area contributed by atoms with Crippen molar-refractivity contribution in [2.45, 2.75) is 11.8 Å². The molecule has 15 heteroatoms. The van der Waals surface area contributed by atoms with E-state index in [4.69, 9.17) is 9.11 Å². The molecule has 12 nitrogen and oxygen atoms in total. The van der Waals surface area contributed by atoms with Crippen LogP contribution in [0, 0.1) is 6.92 Å². The topological polar surface area (TPSA) is 189 Å². The van der Waals surface area contributed by atoms with Crippen LogP contribution in [0.2, 0.25) is 0 Å². The predicted molar refractivity (Wildman–Crippen MR) is 129 cm³/mol. The molecule has 0 aliphatic rings. The number of benzene rings is 3. The highest BCUT2D eigenvalue weighted by Crippen LogP contribution is 2.36. The summed E-state index contributed by atoms with van der Waals surface area (Å²) < 4.78 is 90.3. The molecule has 0 heterocycles. The lowest BCUT2D eigenvalue weighted by molar-refractivity contribution is 0.284. The van der Waals surface area contributed by atoms with Gasteiger partial charge in [0.05, 0.1) is 28.6 Å². The Morgan fingerprint density at radius 1 is 0.886 bits per heavy atom. The fourth-order valence-corrected chi connectivity index (χ4v) is 4.99. The average molecular weight is 544 g/mol. The van der Waals surface area contributed by atoms with Crippen molar-refractivity contribution in [3.05, 3.63) is 60.2 Å². The van der Waals surface area contributed by atoms with Crippen molar-refractivity contribution in [1.82, 2.24) is 0 Å². The Balaban J connectivity index is 1.96. The van der Waals surface area contributed by atoms with Crippen LogP contribution in [0.5, 0.6) is 0 Å². The molecule has 0 saturated heterocycles. The number of nitrogens with one attached hydrogen (secondary N) is 1. The lowest BCUT2D eigenvalue weighted by Crippen LogP contribution is -2.15. The van der Waals surface area contributed by atoms with Crippen LogP contribution < -0.4 is 5.32 Å². The molecule has 3 N–H and O–H groups in total. The summed E-state index contributed by atoms with van der Waals surface area (Å²) in [7, 11) is -13.1. The molecule has 0 fully saturated rings. The van der Waals surface area contributed by atoms with Crippen LogP contribution in [0.4, 0.5) is 17.1 Å². The number of hydrogen-bond acceptors (Lipinski definition) is 10. The maximum Gasteiger partial charge on any atom is 0.397 e. The highest BCUT2D eigenvalue weighted by Gasteiger charge is 2.17. The first kappa shape index (κ1) is 26.7. The maximum absolute atomic E-state index is 12.5. The fraction of sp³-hybridized carbons (Fsp3) is 0.200. The lowest BCUT2D eigenvalue weighted by atomic mass is 10.0. The molecule has 35 heavy (non-hydrogen) atoms. The van der Waals surface area contributed by atoms with Gasteiger partial charge < -0.3 is 5.32 Å². The van der Waals surface area contributed by atoms with E-state index in [1.54, 1.807) is 24.3 Å². The van der Waals surface area contributed by atoms with E-state index < -0.39 is 48.6 Å². The van der Waals surface area contributed by atoms with Gasteiger partial charge in [-0.3, -0.25) is 9.11 Å². The van der Waals surface area contributed by atoms with Gasteiger partial charge in [-0.2, -0.15) is 21.9 Å². The van der Waals surface area contributed by atoms with Crippen LogP contribution >= 0.6 is 0 Å². The van der Waals surface area contributed by atoms with Gasteiger partial charge in [0, 0.05) is 5.39 Å². The predicted octanol–water partition coefficient (Wildman–Crippen LogP) is 3.41. The molecule has 0 radical (unpaired) electrons. The van der Waals surface area contributed by atoms with E-state index in [1.807, 2.05) is 13.0 Å². The molecule has 0 saturated carbocycles. The molecule has 3 rings (SSSR count). The molecule has 0 atom stereocenters. The van der Waals surface area contributed by atoms with E-state index in [0.29, 0.717) is 5.39 Å². The maximum atomic E-state index is 12.5. The molecule has 0 aromatic heterocycles. The summed E-state index contributed by atoms with van der Waals surface area (Å²) in [4.78, 5) is -0.175. The summed E-state index contributed by atoms with van der Waals surface area (Å²) in [5, 5.41) is 12.4. The summed E-state index contributed by atoms with van der Waals surface area (Å²) in [6.07, 6.45) is 0. The average Bonchev–Trinajstić information content (AvgIpc) is 2.75. The highest BCUT2D eigenvalue weighted by atomic mass is 32.3. The van der Waals surface area contributed by atoms with Crippen LogP contribution in [0.3, 0.4) is 0 Å². The Hall–Kier alpha value is -2.95. The molecule has 0 aliphatic heterocycles. The smallest absolute Gasteiger partial charge is 0.368 e. The van der Waals surface area contributed by atoms with Gasteiger partial charge in [0.25, 0.3) is 10.1 Å². The fourth-order valence-electron chi connectivity index (χ4n) is 3.13. The van der Waals surface area contributed by atoms with Crippen LogP contribution in [0.25, 0.3) is 10.8 Å². The number of hydrogen-bond donors (Lipinski definition) is 3. The molecular weight excluding hydrogens is 522 g/mol. The van der Waals surface area contributed by atoms with Crippen LogP contribution in [0.1, 0.15) is 5.56 Å². The highest BCUT2D eigenvalue weighted by molar-refractivity contribution is 7.91. The second-order valence-electron chi connectivity index (χ2n) is 7.30. The van der Waals surface area contributed by atoms with Crippen LogP contribution in [-0.2, 0) is 34.5 Å². The van der Waals surface area contributed by atoms with Gasteiger partial charge in [0.15, 0.2) is 9.84 Å². The third kappa shape index (κ3) is 7.51. The molecule has 0 bridgehead atoms. The quantitative estimate of drug-likeness (QED) is 0.252. The minimum absolute atomic E-state index is 0.146. The second kappa shape index (κ2) is 10.3. The molecule has 0 amide bonds. The SMILES string of the molecule is Cc1cccc2c(N=Nc3cccc(S(=O)(=O)CCOS(=O)(=O)O)c3)c(NCS(=O)(=O)O)ccc12. The molecule has 3 aromatic rings. The minimum atomic E-state index is -4.77. The van der Waals surface area contributed by atoms with Gasteiger partial charge in [-0.15, -0.1) is 5.11 Å². The number of rotatable bonds is 10. The van der Waals surface area contributed by atoms with E-state index in [-0.39, 0.29) is 22.0 Å². The first-order valence-electron chi connectivity index (χ1n) is 9.83. The number of aryl methyl sites for hydroxylation is 1. The number of nitrogens with zero attached hydrogens (tertiary/aromatic N) is 2. The number of fused-ring (bicyclic) bond motifs is 1. The Morgan fingerprint density at radius 2 is 1.60 bits per heavy atom. The largest absolute Gasteiger partial charge is 0.397 e. The standard InChI is InChI=1S/C20H21N3O9S3/c1-14-4-2-7-18-17(14)8-9-19(21-13-34(26,27)28)20(18)23-22-15-5-3-6-16(12-15)33(24,25)11-10-32-35(29,30)31/h2-9,12,21H,10-11,13H2,1H3,(H,26,27,28)(H,29,30,31). The molecule has 0 unspecified atom stereocenters. The van der Waals surface area contributed by atoms with Crippen LogP contribution in [-0.4, -0.2) is 52.6 Å². The van der Waals surface area contributed by atoms with Gasteiger partial charge >= 0.3 is 10.4 Å². The Kier molecular flexibility index (Phi) is 7.88. The molecule has 3 aromatic carbocycles. The molecular formula is C20H21N3O9S3. The van der Waals surface area contributed by atoms with Gasteiger partial charge in [0.2, 0.25) is 0 Å². The lowest BCUT2D eigenvalue weighted by Gasteiger charge is -2.11. The molecule has 0 spiro atoms. The summed E-state index contributed by atoms with van der Waals surface area (Å²) in [6.45, 7) is 1.11. The summed E-state index contributed by atoms with van der Waals surface area (Å²) in [5.74, 6) is -1.47. The minimum Gasteiger partial charge on any atom is -0.368 e. The second-order valence-corrected chi connectivity index (χ2v) is 12.0. The molecule has 188 valence electrons. The zero-order valence-corrected chi connectivity index (χ0v) is 20.6. The number of sulfone groups is 1. The molecule has 0 aliphatic carbocycles. The van der Waals surface area contributed by atoms with Crippen molar-refractivity contribution in [3.8, 4) is 0 Å². The van der Waals surface area contributed by atoms with E-state index >= 15 is 0 Å². The normalized spacial score (nSPS) is 12.9. The van der Waals surface area contributed by atoms with E-state index in [1.165, 1.54) is 24.3 Å². The summed E-state index contributed by atoms with van der Waals surface area (Å²) in [6, 6.07) is 14.2. The first-order valence-corrected chi connectivity index (χ1v) is 14.5. The zero-order chi connectivity index (χ0) is 25.9. The van der Waals surface area contributed by atoms with Gasteiger partial charge in [-0.05, 0) is 42.1 Å². The Labute approximate surface area is 202 Å². The van der Waals surface area contributed by atoms with Gasteiger partial charge in [-0.1, -0.05) is 30.3 Å². The van der Waals surface area contributed by atoms with Crippen molar-refractivity contribution in [3.63, 3.8) is 0 Å². The summed E-state index contributed by atoms with van der Waals surface area (Å²) in [5.41, 5.74) is 1.62. The monoisotopic (exact) mass is 543 g/mol. The van der Waals surface area contributed by atoms with Crippen molar-refractivity contribution >= 4 is 58.2 Å². The number of anilines is 1. The van der Waals surface area contributed by atoms with Crippen molar-refractivity contribution in [2.24, 2.45) is 10.2 Å². The third-order valence-electron chi connectivity index (χ3n) is 4.72. The third-order valence-corrected chi connectivity index (χ3v) is 7.37. The van der Waals surface area contributed by atoms with Crippen molar-refractivity contribution < 1.29 is 38.5 Å². The van der Waals surface area contributed by atoms with E-state index in [9.17, 15) is 25.3 Å². The van der Waals surface area contributed by atoms with Crippen molar-refractivity contribution in [2.75, 3.05) is 23.6 Å². The van der Waals surface area contributed by atoms with E-state index in [0.717, 1.165) is 10.9 Å². The van der Waals surface area contributed by atoms with Gasteiger partial charge in [-0.25, -0.2) is 12.6 Å². The Morgan fingerprint density at radius 3 is 2.29 bits per heavy atom.